The summed E-state index contributed by atoms with van der Waals surface area (Å²) in [7, 11) is 2.12. The number of rotatable bonds is 3. The summed E-state index contributed by atoms with van der Waals surface area (Å²) in [5.41, 5.74) is 1.53. The maximum absolute atomic E-state index is 12.9. The maximum Gasteiger partial charge on any atom is 0.254 e. The molecule has 0 spiro atoms. The number of halogens is 1. The van der Waals surface area contributed by atoms with Crippen LogP contribution in [0.1, 0.15) is 42.7 Å². The van der Waals surface area contributed by atoms with Crippen LogP contribution in [0.15, 0.2) is 12.1 Å². The van der Waals surface area contributed by atoms with E-state index >= 15 is 0 Å². The fraction of sp³-hybridized carbons (Fsp3) is 0.625. The van der Waals surface area contributed by atoms with E-state index in [-0.39, 0.29) is 11.9 Å². The molecule has 0 saturated carbocycles. The third-order valence-corrected chi connectivity index (χ3v) is 4.28. The molecule has 1 atom stereocenters. The van der Waals surface area contributed by atoms with Gasteiger partial charge in [-0.3, -0.25) is 4.79 Å². The summed E-state index contributed by atoms with van der Waals surface area (Å²) in [4.78, 5) is 21.4. The number of hydrogen-bond donors (Lipinski definition) is 0. The molecule has 1 aromatic rings. The number of carbonyl (C=O) groups excluding carboxylic acids is 1. The Kier molecular flexibility index (Phi) is 5.59. The summed E-state index contributed by atoms with van der Waals surface area (Å²) < 4.78 is 0. The van der Waals surface area contributed by atoms with Crippen LogP contribution in [0, 0.1) is 0 Å². The van der Waals surface area contributed by atoms with Crippen LogP contribution in [0.5, 0.6) is 0 Å². The molecule has 1 amide bonds. The topological polar surface area (TPSA) is 36.4 Å². The molecule has 1 unspecified atom stereocenters. The molecule has 1 saturated heterocycles. The number of carbonyl (C=O) groups is 1. The number of aryl methyl sites for hydroxylation is 1. The van der Waals surface area contributed by atoms with Gasteiger partial charge >= 0.3 is 0 Å². The fourth-order valence-electron chi connectivity index (χ4n) is 2.88. The highest BCUT2D eigenvalue weighted by Crippen LogP contribution is 2.18. The van der Waals surface area contributed by atoms with Gasteiger partial charge in [-0.2, -0.15) is 0 Å². The highest BCUT2D eigenvalue weighted by molar-refractivity contribution is 6.29. The van der Waals surface area contributed by atoms with E-state index in [2.05, 4.69) is 23.9 Å². The molecule has 0 radical (unpaired) electrons. The number of hydrogen-bond acceptors (Lipinski definition) is 3. The average Bonchev–Trinajstić information content (AvgIpc) is 2.66. The maximum atomic E-state index is 12.9. The van der Waals surface area contributed by atoms with Crippen molar-refractivity contribution in [2.24, 2.45) is 0 Å². The first kappa shape index (κ1) is 16.2. The van der Waals surface area contributed by atoms with E-state index in [0.717, 1.165) is 44.6 Å². The molecule has 0 aliphatic carbocycles. The van der Waals surface area contributed by atoms with Gasteiger partial charge in [-0.05, 0) is 45.0 Å². The largest absolute Gasteiger partial charge is 0.334 e. The first-order chi connectivity index (χ1) is 10.0. The number of pyridine rings is 1. The molecule has 0 aromatic carbocycles. The molecular formula is C16H24ClN3O. The van der Waals surface area contributed by atoms with Crippen molar-refractivity contribution in [2.75, 3.05) is 26.7 Å². The van der Waals surface area contributed by atoms with Gasteiger partial charge in [0.25, 0.3) is 5.91 Å². The van der Waals surface area contributed by atoms with E-state index in [1.165, 1.54) is 0 Å². The van der Waals surface area contributed by atoms with Gasteiger partial charge in [-0.15, -0.1) is 0 Å². The quantitative estimate of drug-likeness (QED) is 0.806. The summed E-state index contributed by atoms with van der Waals surface area (Å²) in [5, 5.41) is 0.401. The zero-order valence-electron chi connectivity index (χ0n) is 13.1. The van der Waals surface area contributed by atoms with Crippen molar-refractivity contribution in [2.45, 2.75) is 39.2 Å². The Labute approximate surface area is 132 Å². The van der Waals surface area contributed by atoms with E-state index < -0.39 is 0 Å². The zero-order chi connectivity index (χ0) is 15.4. The van der Waals surface area contributed by atoms with Gasteiger partial charge in [0, 0.05) is 30.4 Å². The Morgan fingerprint density at radius 1 is 1.38 bits per heavy atom. The van der Waals surface area contributed by atoms with Crippen molar-refractivity contribution in [1.29, 1.82) is 0 Å². The van der Waals surface area contributed by atoms with E-state index in [1.807, 2.05) is 17.9 Å². The van der Waals surface area contributed by atoms with Crippen LogP contribution in [0.3, 0.4) is 0 Å². The molecular weight excluding hydrogens is 286 g/mol. The number of likely N-dealkylation sites (N-methyl/N-ethyl adjacent to an activating group) is 1. The van der Waals surface area contributed by atoms with Gasteiger partial charge in [0.2, 0.25) is 0 Å². The predicted molar refractivity (Wildman–Crippen MR) is 85.9 cm³/mol. The smallest absolute Gasteiger partial charge is 0.254 e. The van der Waals surface area contributed by atoms with Crippen molar-refractivity contribution < 1.29 is 4.79 Å². The highest BCUT2D eigenvalue weighted by atomic mass is 35.5. The summed E-state index contributed by atoms with van der Waals surface area (Å²) in [6.45, 7) is 6.94. The van der Waals surface area contributed by atoms with Crippen LogP contribution < -0.4 is 0 Å². The third-order valence-electron chi connectivity index (χ3n) is 4.09. The Morgan fingerprint density at radius 3 is 2.81 bits per heavy atom. The summed E-state index contributed by atoms with van der Waals surface area (Å²) in [6, 6.07) is 3.82. The Morgan fingerprint density at radius 2 is 2.14 bits per heavy atom. The molecule has 116 valence electrons. The lowest BCUT2D eigenvalue weighted by atomic mass is 10.1. The Bertz CT molecular complexity index is 506. The average molecular weight is 310 g/mol. The normalized spacial score (nSPS) is 20.4. The van der Waals surface area contributed by atoms with Crippen molar-refractivity contribution in [1.82, 2.24) is 14.8 Å². The summed E-state index contributed by atoms with van der Waals surface area (Å²) in [6.07, 6.45) is 2.76. The van der Waals surface area contributed by atoms with Crippen LogP contribution in [0.2, 0.25) is 5.15 Å². The van der Waals surface area contributed by atoms with Gasteiger partial charge in [0.15, 0.2) is 0 Å². The molecule has 1 aromatic heterocycles. The first-order valence-electron chi connectivity index (χ1n) is 7.71. The predicted octanol–water partition coefficient (Wildman–Crippen LogP) is 2.85. The van der Waals surface area contributed by atoms with Crippen molar-refractivity contribution in [3.63, 3.8) is 0 Å². The molecule has 4 nitrogen and oxygen atoms in total. The van der Waals surface area contributed by atoms with Gasteiger partial charge in [0.1, 0.15) is 5.15 Å². The SMILES string of the molecule is CCc1cc(C(=O)N2CCCN(C)CC2CC)cc(Cl)n1. The van der Waals surface area contributed by atoms with E-state index in [9.17, 15) is 4.79 Å². The summed E-state index contributed by atoms with van der Waals surface area (Å²) >= 11 is 6.05. The van der Waals surface area contributed by atoms with Crippen LogP contribution >= 0.6 is 11.6 Å². The molecule has 1 fully saturated rings. The standard InChI is InChI=1S/C16H24ClN3O/c1-4-13-9-12(10-15(17)18-13)16(21)20-8-6-7-19(3)11-14(20)5-2/h9-10,14H,4-8,11H2,1-3H3. The van der Waals surface area contributed by atoms with E-state index in [0.29, 0.717) is 10.7 Å². The molecule has 0 bridgehead atoms. The lowest BCUT2D eigenvalue weighted by Gasteiger charge is -2.30. The van der Waals surface area contributed by atoms with Crippen LogP contribution in [-0.4, -0.2) is 53.4 Å². The molecule has 2 heterocycles. The van der Waals surface area contributed by atoms with Crippen molar-refractivity contribution >= 4 is 17.5 Å². The number of aromatic nitrogens is 1. The second kappa shape index (κ2) is 7.23. The molecule has 1 aliphatic rings. The molecule has 0 N–H and O–H groups in total. The lowest BCUT2D eigenvalue weighted by molar-refractivity contribution is 0.0675. The molecule has 1 aliphatic heterocycles. The van der Waals surface area contributed by atoms with Gasteiger partial charge < -0.3 is 9.80 Å². The monoisotopic (exact) mass is 309 g/mol. The number of amides is 1. The van der Waals surface area contributed by atoms with Crippen LogP contribution in [0.4, 0.5) is 0 Å². The fourth-order valence-corrected chi connectivity index (χ4v) is 3.11. The second-order valence-electron chi connectivity index (χ2n) is 5.70. The van der Waals surface area contributed by atoms with Gasteiger partial charge in [-0.1, -0.05) is 25.4 Å². The lowest BCUT2D eigenvalue weighted by Crippen LogP contribution is -2.43. The van der Waals surface area contributed by atoms with Gasteiger partial charge in [-0.25, -0.2) is 4.98 Å². The minimum Gasteiger partial charge on any atom is -0.334 e. The van der Waals surface area contributed by atoms with Crippen LogP contribution in [0.25, 0.3) is 0 Å². The molecule has 2 rings (SSSR count). The molecule has 21 heavy (non-hydrogen) atoms. The van der Waals surface area contributed by atoms with Gasteiger partial charge in [0.05, 0.1) is 0 Å². The van der Waals surface area contributed by atoms with E-state index in [1.54, 1.807) is 6.07 Å². The first-order valence-corrected chi connectivity index (χ1v) is 8.08. The molecule has 5 heteroatoms. The third kappa shape index (κ3) is 3.95. The summed E-state index contributed by atoms with van der Waals surface area (Å²) in [5.74, 6) is 0.0798. The Balaban J connectivity index is 2.26. The van der Waals surface area contributed by atoms with Crippen molar-refractivity contribution in [3.05, 3.63) is 28.5 Å². The second-order valence-corrected chi connectivity index (χ2v) is 6.09. The van der Waals surface area contributed by atoms with Crippen molar-refractivity contribution in [3.8, 4) is 0 Å². The highest BCUT2D eigenvalue weighted by Gasteiger charge is 2.27. The van der Waals surface area contributed by atoms with E-state index in [4.69, 9.17) is 11.6 Å². The van der Waals surface area contributed by atoms with Crippen LogP contribution in [-0.2, 0) is 6.42 Å². The Hall–Kier alpha value is -1.13. The minimum absolute atomic E-state index is 0.0798. The minimum atomic E-state index is 0.0798. The number of nitrogens with zero attached hydrogens (tertiary/aromatic N) is 3. The zero-order valence-corrected chi connectivity index (χ0v) is 13.9.